The number of carbonyl (C=O) groups excluding carboxylic acids is 1. The lowest BCUT2D eigenvalue weighted by Crippen LogP contribution is -2.59. The fourth-order valence-corrected chi connectivity index (χ4v) is 5.66. The topological polar surface area (TPSA) is 124 Å². The van der Waals surface area contributed by atoms with Crippen LogP contribution in [-0.4, -0.2) is 48.9 Å². The Morgan fingerprint density at radius 2 is 2.13 bits per heavy atom. The summed E-state index contributed by atoms with van der Waals surface area (Å²) in [7, 11) is -3.83. The molecule has 1 aliphatic heterocycles. The van der Waals surface area contributed by atoms with E-state index in [0.717, 1.165) is 17.4 Å². The van der Waals surface area contributed by atoms with Crippen molar-refractivity contribution in [3.8, 4) is 0 Å². The summed E-state index contributed by atoms with van der Waals surface area (Å²) in [6.45, 7) is 4.90. The minimum Gasteiger partial charge on any atom is -0.386 e. The summed E-state index contributed by atoms with van der Waals surface area (Å²) in [4.78, 5) is 20.9. The Hall–Kier alpha value is -2.37. The summed E-state index contributed by atoms with van der Waals surface area (Å²) in [6, 6.07) is 3.94. The molecule has 2 heterocycles. The Morgan fingerprint density at radius 3 is 2.73 bits per heavy atom. The number of amides is 1. The highest BCUT2D eigenvalue weighted by molar-refractivity contribution is 7.93. The van der Waals surface area contributed by atoms with Gasteiger partial charge in [0, 0.05) is 17.9 Å². The van der Waals surface area contributed by atoms with E-state index in [9.17, 15) is 17.6 Å². The normalized spacial score (nSPS) is 25.5. The second-order valence-electron chi connectivity index (χ2n) is 7.41. The summed E-state index contributed by atoms with van der Waals surface area (Å²) in [6.07, 6.45) is 1.42. The first-order chi connectivity index (χ1) is 14.0. The van der Waals surface area contributed by atoms with Crippen molar-refractivity contribution < 1.29 is 22.3 Å². The number of aliphatic imine (C=N–C) groups is 1. The van der Waals surface area contributed by atoms with Gasteiger partial charge in [0.1, 0.15) is 26.8 Å². The number of nitrogens with two attached hydrogens (primary N) is 1. The van der Waals surface area contributed by atoms with E-state index in [1.807, 2.05) is 0 Å². The Labute approximate surface area is 178 Å². The van der Waals surface area contributed by atoms with Crippen LogP contribution in [0.1, 0.15) is 36.0 Å². The van der Waals surface area contributed by atoms with Crippen LogP contribution in [0.15, 0.2) is 34.9 Å². The van der Waals surface area contributed by atoms with Gasteiger partial charge in [-0.05, 0) is 39.0 Å². The minimum absolute atomic E-state index is 0.0228. The molecule has 1 aliphatic rings. The van der Waals surface area contributed by atoms with Crippen LogP contribution in [0, 0.1) is 5.82 Å². The second kappa shape index (κ2) is 8.05. The first-order valence-electron chi connectivity index (χ1n) is 9.18. The van der Waals surface area contributed by atoms with Crippen molar-refractivity contribution in [3.63, 3.8) is 0 Å². The predicted molar refractivity (Wildman–Crippen MR) is 114 cm³/mol. The molecule has 0 radical (unpaired) electrons. The molecule has 8 nitrogen and oxygen atoms in total. The molecule has 3 rings (SSSR count). The molecule has 2 aromatic rings. The molecule has 2 atom stereocenters. The molecule has 1 aromatic carbocycles. The molecule has 11 heteroatoms. The smallest absolute Gasteiger partial charge is 0.267 e. The zero-order valence-electron chi connectivity index (χ0n) is 16.8. The molecule has 0 bridgehead atoms. The predicted octanol–water partition coefficient (Wildman–Crippen LogP) is 2.33. The van der Waals surface area contributed by atoms with Gasteiger partial charge >= 0.3 is 0 Å². The van der Waals surface area contributed by atoms with Crippen molar-refractivity contribution >= 4 is 38.6 Å². The van der Waals surface area contributed by atoms with Crippen molar-refractivity contribution in [3.05, 3.63) is 46.2 Å². The third-order valence-electron chi connectivity index (χ3n) is 5.11. The minimum atomic E-state index is -3.83. The molecule has 0 saturated carbocycles. The number of ether oxygens (including phenoxy) is 1. The van der Waals surface area contributed by atoms with E-state index in [4.69, 9.17) is 10.5 Å². The highest BCUT2D eigenvalue weighted by Gasteiger charge is 2.52. The number of hydrogen-bond acceptors (Lipinski definition) is 8. The molecule has 0 saturated heterocycles. The van der Waals surface area contributed by atoms with Gasteiger partial charge in [-0.2, -0.15) is 0 Å². The molecular formula is C19H23FN4O4S2. The maximum Gasteiger partial charge on any atom is 0.267 e. The number of rotatable bonds is 6. The average molecular weight is 455 g/mol. The van der Waals surface area contributed by atoms with E-state index in [2.05, 4.69) is 15.3 Å². The SMILES string of the molecule is CCOC[C@@]1(C)C(N)=N[C@](C)(c2cc(NC(=O)c3cncs3)ccc2F)CS1(=O)=O. The average Bonchev–Trinajstić information content (AvgIpc) is 3.20. The molecule has 0 unspecified atom stereocenters. The summed E-state index contributed by atoms with van der Waals surface area (Å²) < 4.78 is 44.8. The number of nitrogens with one attached hydrogen (secondary N) is 1. The number of hydrogen-bond donors (Lipinski definition) is 2. The fraction of sp³-hybridized carbons (Fsp3) is 0.421. The molecule has 1 amide bonds. The maximum absolute atomic E-state index is 14.7. The summed E-state index contributed by atoms with van der Waals surface area (Å²) in [5.41, 5.74) is 6.47. The van der Waals surface area contributed by atoms with Gasteiger partial charge in [-0.15, -0.1) is 11.3 Å². The molecule has 0 spiro atoms. The van der Waals surface area contributed by atoms with E-state index in [1.54, 1.807) is 6.92 Å². The standard InChI is InChI=1S/C19H23FN4O4S2/c1-4-28-9-19(3)17(21)24-18(2,10-30(19,26)27)13-7-12(5-6-14(13)20)23-16(25)15-8-22-11-29-15/h5-8,11H,4,9-10H2,1-3H3,(H2,21,24)(H,23,25)/t18-,19-/m0/s1. The summed E-state index contributed by atoms with van der Waals surface area (Å²) in [5, 5.41) is 2.66. The molecule has 3 N–H and O–H groups in total. The van der Waals surface area contributed by atoms with Gasteiger partial charge in [-0.1, -0.05) is 0 Å². The van der Waals surface area contributed by atoms with Crippen LogP contribution in [0.4, 0.5) is 10.1 Å². The number of benzene rings is 1. The van der Waals surface area contributed by atoms with Gasteiger partial charge in [0.05, 0.1) is 24.1 Å². The van der Waals surface area contributed by atoms with Gasteiger partial charge in [0.25, 0.3) is 5.91 Å². The number of anilines is 1. The van der Waals surface area contributed by atoms with E-state index < -0.39 is 37.6 Å². The number of aromatic nitrogens is 1. The van der Waals surface area contributed by atoms with Crippen LogP contribution in [0.2, 0.25) is 0 Å². The fourth-order valence-electron chi connectivity index (χ4n) is 3.24. The number of thiazole rings is 1. The van der Waals surface area contributed by atoms with Gasteiger partial charge in [-0.3, -0.25) is 14.8 Å². The zero-order valence-corrected chi connectivity index (χ0v) is 18.4. The number of carbonyl (C=O) groups is 1. The number of nitrogens with zero attached hydrogens (tertiary/aromatic N) is 2. The van der Waals surface area contributed by atoms with E-state index >= 15 is 0 Å². The second-order valence-corrected chi connectivity index (χ2v) is 10.7. The number of halogens is 1. The van der Waals surface area contributed by atoms with Crippen LogP contribution in [0.25, 0.3) is 0 Å². The van der Waals surface area contributed by atoms with Crippen LogP contribution in [0.3, 0.4) is 0 Å². The van der Waals surface area contributed by atoms with Gasteiger partial charge in [-0.25, -0.2) is 12.8 Å². The van der Waals surface area contributed by atoms with E-state index in [1.165, 1.54) is 37.7 Å². The lowest BCUT2D eigenvalue weighted by atomic mass is 9.92. The van der Waals surface area contributed by atoms with Crippen molar-refractivity contribution in [2.45, 2.75) is 31.1 Å². The molecule has 0 fully saturated rings. The third kappa shape index (κ3) is 3.96. The van der Waals surface area contributed by atoms with Gasteiger partial charge < -0.3 is 15.8 Å². The van der Waals surface area contributed by atoms with E-state index in [0.29, 0.717) is 17.2 Å². The molecule has 30 heavy (non-hydrogen) atoms. The van der Waals surface area contributed by atoms with Crippen LogP contribution >= 0.6 is 11.3 Å². The Bertz CT molecular complexity index is 1090. The van der Waals surface area contributed by atoms with Crippen molar-refractivity contribution in [1.29, 1.82) is 0 Å². The summed E-state index contributed by atoms with van der Waals surface area (Å²) >= 11 is 1.16. The van der Waals surface area contributed by atoms with Crippen LogP contribution < -0.4 is 11.1 Å². The first kappa shape index (κ1) is 22.3. The Morgan fingerprint density at radius 1 is 1.40 bits per heavy atom. The van der Waals surface area contributed by atoms with Gasteiger partial charge in [0.2, 0.25) is 0 Å². The number of amidine groups is 1. The quantitative estimate of drug-likeness (QED) is 0.690. The molecular weight excluding hydrogens is 431 g/mol. The Balaban J connectivity index is 1.99. The highest BCUT2D eigenvalue weighted by atomic mass is 32.2. The lowest BCUT2D eigenvalue weighted by Gasteiger charge is -2.39. The maximum atomic E-state index is 14.7. The largest absolute Gasteiger partial charge is 0.386 e. The molecule has 0 aliphatic carbocycles. The number of sulfone groups is 1. The van der Waals surface area contributed by atoms with Crippen molar-refractivity contribution in [2.24, 2.45) is 10.7 Å². The van der Waals surface area contributed by atoms with Gasteiger partial charge in [0.15, 0.2) is 9.84 Å². The third-order valence-corrected chi connectivity index (χ3v) is 8.52. The monoisotopic (exact) mass is 454 g/mol. The van der Waals surface area contributed by atoms with Crippen LogP contribution in [-0.2, 0) is 20.1 Å². The van der Waals surface area contributed by atoms with Crippen molar-refractivity contribution in [2.75, 3.05) is 24.3 Å². The Kier molecular flexibility index (Phi) is 5.99. The summed E-state index contributed by atoms with van der Waals surface area (Å²) in [5.74, 6) is -1.63. The van der Waals surface area contributed by atoms with E-state index in [-0.39, 0.29) is 18.0 Å². The highest BCUT2D eigenvalue weighted by Crippen LogP contribution is 2.39. The van der Waals surface area contributed by atoms with Crippen molar-refractivity contribution in [1.82, 2.24) is 4.98 Å². The molecule has 162 valence electrons. The zero-order chi connectivity index (χ0) is 22.2. The lowest BCUT2D eigenvalue weighted by molar-refractivity contribution is 0.103. The molecule has 1 aromatic heterocycles. The van der Waals surface area contributed by atoms with Crippen LogP contribution in [0.5, 0.6) is 0 Å². The first-order valence-corrected chi connectivity index (χ1v) is 11.7.